The van der Waals surface area contributed by atoms with Gasteiger partial charge in [0.15, 0.2) is 0 Å². The van der Waals surface area contributed by atoms with Crippen LogP contribution in [0.1, 0.15) is 25.7 Å². The summed E-state index contributed by atoms with van der Waals surface area (Å²) in [5.74, 6) is 0.546. The first-order chi connectivity index (χ1) is 6.16. The molecule has 1 N–H and O–H groups in total. The molecule has 0 aromatic carbocycles. The number of carbonyl (C=O) groups is 1. The van der Waals surface area contributed by atoms with Crippen LogP contribution in [0.5, 0.6) is 0 Å². The Morgan fingerprint density at radius 3 is 2.92 bits per heavy atom. The second-order valence-electron chi connectivity index (χ2n) is 4.35. The fourth-order valence-corrected chi connectivity index (χ4v) is 2.40. The molecule has 0 spiro atoms. The summed E-state index contributed by atoms with van der Waals surface area (Å²) in [6.45, 7) is 0. The van der Waals surface area contributed by atoms with Crippen molar-refractivity contribution in [1.82, 2.24) is 10.2 Å². The van der Waals surface area contributed by atoms with Crippen molar-refractivity contribution in [3.05, 3.63) is 6.04 Å². The molecule has 2 bridgehead atoms. The van der Waals surface area contributed by atoms with Crippen LogP contribution in [0.3, 0.4) is 0 Å². The van der Waals surface area contributed by atoms with E-state index < -0.39 is 0 Å². The lowest BCUT2D eigenvalue weighted by Gasteiger charge is -2.29. The van der Waals surface area contributed by atoms with Gasteiger partial charge in [0.2, 0.25) is 5.91 Å². The van der Waals surface area contributed by atoms with Gasteiger partial charge in [-0.05, 0) is 25.7 Å². The van der Waals surface area contributed by atoms with Crippen molar-refractivity contribution in [3.8, 4) is 0 Å². The number of nitrogens with one attached hydrogen (secondary N) is 1. The highest BCUT2D eigenvalue weighted by Crippen LogP contribution is 2.35. The summed E-state index contributed by atoms with van der Waals surface area (Å²) in [5, 5.41) is 3.46. The predicted molar refractivity (Wildman–Crippen MR) is 50.8 cm³/mol. The molecule has 2 saturated heterocycles. The second-order valence-corrected chi connectivity index (χ2v) is 4.35. The van der Waals surface area contributed by atoms with E-state index >= 15 is 0 Å². The number of hydrogen-bond donors (Lipinski definition) is 1. The van der Waals surface area contributed by atoms with Crippen LogP contribution in [0.2, 0.25) is 0 Å². The average molecular weight is 181 g/mol. The molecule has 2 fully saturated rings. The van der Waals surface area contributed by atoms with Crippen molar-refractivity contribution in [1.29, 1.82) is 0 Å². The van der Waals surface area contributed by atoms with Crippen LogP contribution in [0, 0.1) is 12.0 Å². The zero-order valence-corrected chi connectivity index (χ0v) is 8.34. The molecular weight excluding hydrogens is 164 g/mol. The highest BCUT2D eigenvalue weighted by Gasteiger charge is 2.37. The van der Waals surface area contributed by atoms with E-state index in [0.29, 0.717) is 11.9 Å². The standard InChI is InChI=1S/C10H17N2O/c1-12(2)10(13)7-5-8-3-4-9(6-7)11-8/h7-8,11H,3-6H2,1-2H3. The molecule has 0 aromatic heterocycles. The Kier molecular flexibility index (Phi) is 2.28. The predicted octanol–water partition coefficient (Wildman–Crippen LogP) is 0.769. The largest absolute Gasteiger partial charge is 0.349 e. The van der Waals surface area contributed by atoms with Gasteiger partial charge in [-0.2, -0.15) is 0 Å². The minimum absolute atomic E-state index is 0.249. The number of rotatable bonds is 1. The maximum Gasteiger partial charge on any atom is 0.225 e. The normalized spacial score (nSPS) is 33.4. The van der Waals surface area contributed by atoms with Crippen LogP contribution in [-0.2, 0) is 4.79 Å². The van der Waals surface area contributed by atoms with Crippen molar-refractivity contribution < 1.29 is 4.79 Å². The Balaban J connectivity index is 1.98. The van der Waals surface area contributed by atoms with E-state index in [9.17, 15) is 4.79 Å². The fraction of sp³-hybridized carbons (Fsp3) is 0.800. The summed E-state index contributed by atoms with van der Waals surface area (Å²) < 4.78 is 0. The average Bonchev–Trinajstić information content (AvgIpc) is 2.44. The third-order valence-electron chi connectivity index (χ3n) is 3.05. The molecule has 2 aliphatic rings. The van der Waals surface area contributed by atoms with Crippen molar-refractivity contribution in [3.63, 3.8) is 0 Å². The fourth-order valence-electron chi connectivity index (χ4n) is 2.40. The Bertz CT molecular complexity index is 203. The molecule has 2 atom stereocenters. The Hall–Kier alpha value is -0.570. The van der Waals surface area contributed by atoms with E-state index in [1.54, 1.807) is 4.90 Å². The number of amides is 1. The lowest BCUT2D eigenvalue weighted by molar-refractivity contribution is -0.133. The van der Waals surface area contributed by atoms with E-state index in [4.69, 9.17) is 0 Å². The van der Waals surface area contributed by atoms with Gasteiger partial charge < -0.3 is 10.2 Å². The van der Waals surface area contributed by atoms with Gasteiger partial charge in [-0.3, -0.25) is 4.79 Å². The third-order valence-corrected chi connectivity index (χ3v) is 3.05. The molecule has 0 saturated carbocycles. The highest BCUT2D eigenvalue weighted by molar-refractivity contribution is 5.78. The van der Waals surface area contributed by atoms with Crippen LogP contribution >= 0.6 is 0 Å². The lowest BCUT2D eigenvalue weighted by Crippen LogP contribution is -2.40. The van der Waals surface area contributed by atoms with Gasteiger partial charge in [-0.25, -0.2) is 0 Å². The van der Waals surface area contributed by atoms with Gasteiger partial charge in [-0.1, -0.05) is 0 Å². The van der Waals surface area contributed by atoms with Crippen LogP contribution in [0.15, 0.2) is 0 Å². The van der Waals surface area contributed by atoms with E-state index in [1.807, 2.05) is 14.1 Å². The van der Waals surface area contributed by atoms with Crippen LogP contribution < -0.4 is 5.32 Å². The maximum atomic E-state index is 11.7. The summed E-state index contributed by atoms with van der Waals surface area (Å²) in [6.07, 6.45) is 4.41. The topological polar surface area (TPSA) is 32.3 Å². The number of piperidine rings is 1. The Morgan fingerprint density at radius 2 is 2.31 bits per heavy atom. The van der Waals surface area contributed by atoms with Crippen molar-refractivity contribution in [2.75, 3.05) is 14.1 Å². The van der Waals surface area contributed by atoms with E-state index in [-0.39, 0.29) is 5.92 Å². The van der Waals surface area contributed by atoms with E-state index in [1.165, 1.54) is 18.9 Å². The van der Waals surface area contributed by atoms with Gasteiger partial charge in [0, 0.05) is 32.1 Å². The number of fused-ring (bicyclic) bond motifs is 2. The summed E-state index contributed by atoms with van der Waals surface area (Å²) >= 11 is 0. The molecule has 2 rings (SSSR count). The first kappa shape index (κ1) is 9.00. The molecule has 3 heteroatoms. The summed E-state index contributed by atoms with van der Waals surface area (Å²) in [4.78, 5) is 13.4. The summed E-state index contributed by atoms with van der Waals surface area (Å²) in [6, 6.07) is 1.98. The van der Waals surface area contributed by atoms with Gasteiger partial charge >= 0.3 is 0 Å². The number of nitrogens with zero attached hydrogens (tertiary/aromatic N) is 1. The summed E-state index contributed by atoms with van der Waals surface area (Å²) in [5.41, 5.74) is 0. The molecular formula is C10H17N2O. The minimum Gasteiger partial charge on any atom is -0.349 e. The van der Waals surface area contributed by atoms with E-state index in [2.05, 4.69) is 5.32 Å². The third kappa shape index (κ3) is 1.70. The molecule has 3 nitrogen and oxygen atoms in total. The van der Waals surface area contributed by atoms with Gasteiger partial charge in [0.25, 0.3) is 0 Å². The molecule has 13 heavy (non-hydrogen) atoms. The lowest BCUT2D eigenvalue weighted by atomic mass is 9.91. The molecule has 0 aromatic rings. The quantitative estimate of drug-likeness (QED) is 0.648. The van der Waals surface area contributed by atoms with Crippen LogP contribution in [0.4, 0.5) is 0 Å². The maximum absolute atomic E-state index is 11.7. The zero-order chi connectivity index (χ0) is 9.42. The smallest absolute Gasteiger partial charge is 0.225 e. The van der Waals surface area contributed by atoms with Gasteiger partial charge in [0.05, 0.1) is 0 Å². The first-order valence-corrected chi connectivity index (χ1v) is 4.99. The molecule has 1 amide bonds. The molecule has 2 aliphatic heterocycles. The first-order valence-electron chi connectivity index (χ1n) is 4.99. The molecule has 1 radical (unpaired) electrons. The SMILES string of the molecule is CN(C)C(=O)C1C[C]2CCC(C1)N2. The van der Waals surface area contributed by atoms with Gasteiger partial charge in [0.1, 0.15) is 0 Å². The van der Waals surface area contributed by atoms with E-state index in [0.717, 1.165) is 12.8 Å². The molecule has 2 unspecified atom stereocenters. The molecule has 73 valence electrons. The molecule has 0 aliphatic carbocycles. The highest BCUT2D eigenvalue weighted by atomic mass is 16.2. The number of carbonyl (C=O) groups excluding carboxylic acids is 1. The van der Waals surface area contributed by atoms with Crippen LogP contribution in [-0.4, -0.2) is 30.9 Å². The second kappa shape index (κ2) is 3.29. The van der Waals surface area contributed by atoms with Crippen molar-refractivity contribution >= 4 is 5.91 Å². The Morgan fingerprint density at radius 1 is 1.54 bits per heavy atom. The van der Waals surface area contributed by atoms with Crippen molar-refractivity contribution in [2.45, 2.75) is 31.7 Å². The molecule has 2 heterocycles. The Labute approximate surface area is 79.5 Å². The number of hydrogen-bond acceptors (Lipinski definition) is 2. The monoisotopic (exact) mass is 181 g/mol. The van der Waals surface area contributed by atoms with Crippen LogP contribution in [0.25, 0.3) is 0 Å². The summed E-state index contributed by atoms with van der Waals surface area (Å²) in [7, 11) is 3.69. The zero-order valence-electron chi connectivity index (χ0n) is 8.34. The van der Waals surface area contributed by atoms with Crippen molar-refractivity contribution in [2.24, 2.45) is 5.92 Å². The van der Waals surface area contributed by atoms with Gasteiger partial charge in [-0.15, -0.1) is 0 Å². The minimum atomic E-state index is 0.249.